The number of rotatable bonds is 8. The van der Waals surface area contributed by atoms with Crippen LogP contribution in [0, 0.1) is 0 Å². The molecule has 3 fully saturated rings. The summed E-state index contributed by atoms with van der Waals surface area (Å²) in [5.41, 5.74) is 3.68. The largest absolute Gasteiger partial charge is 0.497 e. The van der Waals surface area contributed by atoms with Crippen LogP contribution >= 0.6 is 0 Å². The third-order valence-corrected chi connectivity index (χ3v) is 8.21. The predicted molar refractivity (Wildman–Crippen MR) is 151 cm³/mol. The van der Waals surface area contributed by atoms with Gasteiger partial charge in [-0.2, -0.15) is 4.98 Å². The van der Waals surface area contributed by atoms with Crippen molar-refractivity contribution in [3.63, 3.8) is 0 Å². The third kappa shape index (κ3) is 5.91. The molecule has 4 heterocycles. The van der Waals surface area contributed by atoms with Gasteiger partial charge in [-0.05, 0) is 55.4 Å². The van der Waals surface area contributed by atoms with Crippen molar-refractivity contribution in [1.29, 1.82) is 0 Å². The van der Waals surface area contributed by atoms with Gasteiger partial charge in [-0.15, -0.1) is 0 Å². The lowest BCUT2D eigenvalue weighted by atomic mass is 10.0. The van der Waals surface area contributed by atoms with Crippen molar-refractivity contribution in [1.82, 2.24) is 4.98 Å². The van der Waals surface area contributed by atoms with Gasteiger partial charge in [0.2, 0.25) is 5.88 Å². The molecule has 2 aromatic carbocycles. The van der Waals surface area contributed by atoms with Crippen molar-refractivity contribution in [3.8, 4) is 11.6 Å². The van der Waals surface area contributed by atoms with Crippen LogP contribution in [0.1, 0.15) is 49.7 Å². The van der Waals surface area contributed by atoms with Gasteiger partial charge in [0.05, 0.1) is 19.3 Å². The molecule has 3 aliphatic heterocycles. The van der Waals surface area contributed by atoms with Gasteiger partial charge in [-0.3, -0.25) is 0 Å². The number of nitrogens with zero attached hydrogens (tertiary/aromatic N) is 3. The fourth-order valence-corrected chi connectivity index (χ4v) is 6.16. The van der Waals surface area contributed by atoms with Gasteiger partial charge >= 0.3 is 0 Å². The van der Waals surface area contributed by atoms with Crippen molar-refractivity contribution >= 4 is 11.5 Å². The smallest absolute Gasteiger partial charge is 0.217 e. The average Bonchev–Trinajstić information content (AvgIpc) is 3.14. The van der Waals surface area contributed by atoms with Crippen molar-refractivity contribution in [2.75, 3.05) is 36.5 Å². The summed E-state index contributed by atoms with van der Waals surface area (Å²) in [4.78, 5) is 10.2. The van der Waals surface area contributed by atoms with Crippen LogP contribution in [0.25, 0.3) is 0 Å². The Kier molecular flexibility index (Phi) is 7.68. The summed E-state index contributed by atoms with van der Waals surface area (Å²) in [6.07, 6.45) is 8.94. The highest BCUT2D eigenvalue weighted by atomic mass is 16.5. The average molecular weight is 514 g/mol. The molecule has 6 nitrogen and oxygen atoms in total. The third-order valence-electron chi connectivity index (χ3n) is 8.21. The number of benzene rings is 2. The molecule has 3 aromatic rings. The minimum Gasteiger partial charge on any atom is -0.497 e. The van der Waals surface area contributed by atoms with E-state index in [0.29, 0.717) is 30.7 Å². The summed E-state index contributed by atoms with van der Waals surface area (Å²) in [5, 5.41) is 0. The summed E-state index contributed by atoms with van der Waals surface area (Å²) in [7, 11) is 1.69. The second-order valence-corrected chi connectivity index (χ2v) is 10.9. The summed E-state index contributed by atoms with van der Waals surface area (Å²) in [6.45, 7) is 3.37. The van der Waals surface area contributed by atoms with Gasteiger partial charge < -0.3 is 24.0 Å². The van der Waals surface area contributed by atoms with Crippen molar-refractivity contribution in [3.05, 3.63) is 77.9 Å². The molecule has 6 heteroatoms. The number of methoxy groups -OCH3 is 1. The number of anilines is 2. The number of aromatic nitrogens is 1. The van der Waals surface area contributed by atoms with E-state index in [1.54, 1.807) is 7.11 Å². The maximum Gasteiger partial charge on any atom is 0.217 e. The predicted octanol–water partition coefficient (Wildman–Crippen LogP) is 6.03. The molecule has 0 amide bonds. The van der Waals surface area contributed by atoms with Crippen LogP contribution in [0.2, 0.25) is 0 Å². The molecular formula is C32H39N3O3. The zero-order valence-electron chi connectivity index (χ0n) is 22.4. The number of hydrogen-bond acceptors (Lipinski definition) is 6. The van der Waals surface area contributed by atoms with Crippen LogP contribution in [-0.4, -0.2) is 50.0 Å². The number of pyridine rings is 1. The summed E-state index contributed by atoms with van der Waals surface area (Å²) in [6, 6.07) is 23.8. The van der Waals surface area contributed by atoms with Crippen LogP contribution < -0.4 is 19.3 Å². The van der Waals surface area contributed by atoms with Gasteiger partial charge in [-0.1, -0.05) is 55.3 Å². The van der Waals surface area contributed by atoms with E-state index in [2.05, 4.69) is 52.3 Å². The fourth-order valence-electron chi connectivity index (χ4n) is 6.16. The minimum atomic E-state index is 0.332. The van der Waals surface area contributed by atoms with E-state index in [-0.39, 0.29) is 0 Å². The Morgan fingerprint density at radius 1 is 0.868 bits per heavy atom. The molecule has 0 saturated carbocycles. The van der Waals surface area contributed by atoms with Gasteiger partial charge in [0, 0.05) is 43.5 Å². The molecule has 0 N–H and O–H groups in total. The van der Waals surface area contributed by atoms with Crippen LogP contribution in [-0.2, 0) is 17.8 Å². The highest BCUT2D eigenvalue weighted by molar-refractivity contribution is 5.59. The van der Waals surface area contributed by atoms with Gasteiger partial charge in [-0.25, -0.2) is 0 Å². The Labute approximate surface area is 226 Å². The molecule has 0 unspecified atom stereocenters. The standard InChI is InChI=1S/C32H39N3O3/c1-36-28-13-11-25(12-14-28)23-37-32-20-27(34-21-29-15-16-30(22-34)38-29)19-31(33-32)35-17-7-3-6-10-26(35)18-24-8-4-2-5-9-24/h2,4-5,8-9,11-14,19-20,26,29-30H,3,6-7,10,15-18,21-23H2,1H3/t26-,29-,30+/m1/s1. The van der Waals surface area contributed by atoms with E-state index in [1.807, 2.05) is 24.3 Å². The van der Waals surface area contributed by atoms with E-state index in [0.717, 1.165) is 56.0 Å². The monoisotopic (exact) mass is 513 g/mol. The first-order valence-corrected chi connectivity index (χ1v) is 14.2. The van der Waals surface area contributed by atoms with E-state index in [4.69, 9.17) is 19.2 Å². The highest BCUT2D eigenvalue weighted by Gasteiger charge is 2.34. The molecule has 3 atom stereocenters. The maximum absolute atomic E-state index is 6.35. The van der Waals surface area contributed by atoms with E-state index < -0.39 is 0 Å². The molecule has 6 rings (SSSR count). The summed E-state index contributed by atoms with van der Waals surface area (Å²) in [5.74, 6) is 2.58. The molecular weight excluding hydrogens is 474 g/mol. The molecule has 0 radical (unpaired) electrons. The van der Waals surface area contributed by atoms with Crippen molar-refractivity contribution in [2.45, 2.75) is 69.8 Å². The van der Waals surface area contributed by atoms with E-state index in [1.165, 1.54) is 36.9 Å². The van der Waals surface area contributed by atoms with Gasteiger partial charge in [0.1, 0.15) is 18.2 Å². The molecule has 38 heavy (non-hydrogen) atoms. The second kappa shape index (κ2) is 11.6. The fraction of sp³-hybridized carbons (Fsp3) is 0.469. The Hall–Kier alpha value is -3.25. The zero-order chi connectivity index (χ0) is 25.7. The Bertz CT molecular complexity index is 1170. The van der Waals surface area contributed by atoms with Crippen LogP contribution in [0.5, 0.6) is 11.6 Å². The molecule has 200 valence electrons. The first-order chi connectivity index (χ1) is 18.7. The topological polar surface area (TPSA) is 47.1 Å². The van der Waals surface area contributed by atoms with Gasteiger partial charge in [0.15, 0.2) is 0 Å². The lowest BCUT2D eigenvalue weighted by Crippen LogP contribution is -2.43. The SMILES string of the molecule is COc1ccc(COc2cc(N3C[C@H]4CC[C@@H](C3)O4)cc(N3CCCCC[C@@H]3Cc3ccccc3)n2)cc1. The minimum absolute atomic E-state index is 0.332. The zero-order valence-corrected chi connectivity index (χ0v) is 22.4. The Morgan fingerprint density at radius 3 is 2.42 bits per heavy atom. The van der Waals surface area contributed by atoms with Crippen molar-refractivity contribution < 1.29 is 14.2 Å². The number of fused-ring (bicyclic) bond motifs is 2. The normalized spacial score (nSPS) is 23.2. The Balaban J connectivity index is 1.29. The van der Waals surface area contributed by atoms with Crippen LogP contribution in [0.4, 0.5) is 11.5 Å². The summed E-state index contributed by atoms with van der Waals surface area (Å²) >= 11 is 0. The van der Waals surface area contributed by atoms with Crippen LogP contribution in [0.3, 0.4) is 0 Å². The van der Waals surface area contributed by atoms with Gasteiger partial charge in [0.25, 0.3) is 0 Å². The highest BCUT2D eigenvalue weighted by Crippen LogP contribution is 2.35. The molecule has 0 aliphatic carbocycles. The molecule has 1 aromatic heterocycles. The maximum atomic E-state index is 6.35. The molecule has 3 aliphatic rings. The van der Waals surface area contributed by atoms with Crippen molar-refractivity contribution in [2.24, 2.45) is 0 Å². The number of morpholine rings is 1. The molecule has 2 bridgehead atoms. The molecule has 3 saturated heterocycles. The van der Waals surface area contributed by atoms with Crippen LogP contribution in [0.15, 0.2) is 66.7 Å². The number of hydrogen-bond donors (Lipinski definition) is 0. The first kappa shape index (κ1) is 25.1. The first-order valence-electron chi connectivity index (χ1n) is 14.2. The quantitative estimate of drug-likeness (QED) is 0.367. The Morgan fingerprint density at radius 2 is 1.66 bits per heavy atom. The number of ether oxygens (including phenoxy) is 3. The second-order valence-electron chi connectivity index (χ2n) is 10.9. The molecule has 0 spiro atoms. The van der Waals surface area contributed by atoms with E-state index >= 15 is 0 Å². The summed E-state index contributed by atoms with van der Waals surface area (Å²) < 4.78 is 17.8. The van der Waals surface area contributed by atoms with E-state index in [9.17, 15) is 0 Å². The lowest BCUT2D eigenvalue weighted by Gasteiger charge is -2.36. The lowest BCUT2D eigenvalue weighted by molar-refractivity contribution is 0.0304.